The average Bonchev–Trinajstić information content (AvgIpc) is 2.72. The normalized spacial score (nSPS) is 17.7. The maximum Gasteiger partial charge on any atom is 0.319 e. The molecule has 0 aromatic heterocycles. The second-order valence-corrected chi connectivity index (χ2v) is 4.93. The van der Waals surface area contributed by atoms with Gasteiger partial charge in [0, 0.05) is 19.3 Å². The molecule has 1 unspecified atom stereocenters. The van der Waals surface area contributed by atoms with Crippen LogP contribution in [0.1, 0.15) is 12.0 Å². The molecule has 3 N–H and O–H groups in total. The van der Waals surface area contributed by atoms with Gasteiger partial charge in [0.15, 0.2) is 0 Å². The van der Waals surface area contributed by atoms with Crippen molar-refractivity contribution in [2.75, 3.05) is 18.9 Å². The molecule has 7 heteroatoms. The monoisotopic (exact) mass is 291 g/mol. The summed E-state index contributed by atoms with van der Waals surface area (Å²) in [6.07, 6.45) is 0.390. The number of urea groups is 1. The molecule has 0 radical (unpaired) electrons. The molecule has 112 valence electrons. The van der Waals surface area contributed by atoms with Crippen LogP contribution in [-0.4, -0.2) is 47.5 Å². The van der Waals surface area contributed by atoms with Crippen molar-refractivity contribution in [1.82, 2.24) is 10.2 Å². The molecule has 1 fully saturated rings. The Labute approximate surface area is 121 Å². The van der Waals surface area contributed by atoms with Crippen molar-refractivity contribution in [1.29, 1.82) is 0 Å². The lowest BCUT2D eigenvalue weighted by molar-refractivity contribution is -0.136. The Morgan fingerprint density at radius 1 is 1.38 bits per heavy atom. The molecule has 1 aliphatic rings. The highest BCUT2D eigenvalue weighted by molar-refractivity contribution is 5.95. The second-order valence-electron chi connectivity index (χ2n) is 4.93. The Morgan fingerprint density at radius 3 is 2.71 bits per heavy atom. The molecule has 7 nitrogen and oxygen atoms in total. The van der Waals surface area contributed by atoms with E-state index in [1.165, 1.54) is 0 Å². The van der Waals surface area contributed by atoms with Gasteiger partial charge in [-0.25, -0.2) is 4.79 Å². The summed E-state index contributed by atoms with van der Waals surface area (Å²) in [6.45, 7) is 0.610. The summed E-state index contributed by atoms with van der Waals surface area (Å²) < 4.78 is 0. The third-order valence-electron chi connectivity index (χ3n) is 3.34. The van der Waals surface area contributed by atoms with Crippen molar-refractivity contribution in [2.24, 2.45) is 0 Å². The Morgan fingerprint density at radius 2 is 2.10 bits per heavy atom. The number of benzene rings is 1. The Bertz CT molecular complexity index is 573. The van der Waals surface area contributed by atoms with E-state index in [4.69, 9.17) is 5.11 Å². The minimum absolute atomic E-state index is 0.121. The van der Waals surface area contributed by atoms with Gasteiger partial charge in [-0.15, -0.1) is 0 Å². The number of likely N-dealkylation sites (N-methyl/N-ethyl adjacent to an activating group) is 1. The summed E-state index contributed by atoms with van der Waals surface area (Å²) in [5.41, 5.74) is 0.936. The predicted molar refractivity (Wildman–Crippen MR) is 76.0 cm³/mol. The first-order valence-electron chi connectivity index (χ1n) is 6.59. The van der Waals surface area contributed by atoms with E-state index in [0.29, 0.717) is 24.2 Å². The standard InChI is InChI=1S/C14H17N3O4/c1-17-7-6-11(13(17)20)16-14(21)15-10-5-3-2-4-9(10)8-12(18)19/h2-5,11H,6-8H2,1H3,(H,18,19)(H2,15,16,21). The number of carboxylic acids is 1. The number of likely N-dealkylation sites (tertiary alicyclic amines) is 1. The minimum Gasteiger partial charge on any atom is -0.481 e. The highest BCUT2D eigenvalue weighted by atomic mass is 16.4. The molecule has 0 aliphatic carbocycles. The first kappa shape index (κ1) is 14.8. The molecule has 1 aliphatic heterocycles. The topological polar surface area (TPSA) is 98.7 Å². The van der Waals surface area contributed by atoms with E-state index in [1.807, 2.05) is 0 Å². The van der Waals surface area contributed by atoms with Gasteiger partial charge in [0.1, 0.15) is 6.04 Å². The molecule has 1 aromatic carbocycles. The van der Waals surface area contributed by atoms with E-state index in [1.54, 1.807) is 36.2 Å². The molecular weight excluding hydrogens is 274 g/mol. The zero-order chi connectivity index (χ0) is 15.4. The molecule has 1 atom stereocenters. The van der Waals surface area contributed by atoms with Crippen LogP contribution in [0.2, 0.25) is 0 Å². The van der Waals surface area contributed by atoms with Crippen LogP contribution < -0.4 is 10.6 Å². The number of para-hydroxylation sites is 1. The van der Waals surface area contributed by atoms with Gasteiger partial charge in [0.25, 0.3) is 0 Å². The lowest BCUT2D eigenvalue weighted by Gasteiger charge is -2.14. The van der Waals surface area contributed by atoms with E-state index < -0.39 is 18.0 Å². The number of carbonyl (C=O) groups excluding carboxylic acids is 2. The number of carbonyl (C=O) groups is 3. The molecule has 1 heterocycles. The Kier molecular flexibility index (Phi) is 4.42. The first-order chi connectivity index (χ1) is 9.97. The highest BCUT2D eigenvalue weighted by Crippen LogP contribution is 2.16. The molecule has 2 rings (SSSR count). The van der Waals surface area contributed by atoms with Crippen molar-refractivity contribution >= 4 is 23.6 Å². The molecule has 0 bridgehead atoms. The number of nitrogens with one attached hydrogen (secondary N) is 2. The summed E-state index contributed by atoms with van der Waals surface area (Å²) in [5, 5.41) is 14.0. The van der Waals surface area contributed by atoms with Gasteiger partial charge in [-0.2, -0.15) is 0 Å². The van der Waals surface area contributed by atoms with Gasteiger partial charge in [0.2, 0.25) is 5.91 Å². The van der Waals surface area contributed by atoms with Crippen LogP contribution in [-0.2, 0) is 16.0 Å². The van der Waals surface area contributed by atoms with Gasteiger partial charge >= 0.3 is 12.0 Å². The zero-order valence-electron chi connectivity index (χ0n) is 11.6. The number of nitrogens with zero attached hydrogens (tertiary/aromatic N) is 1. The van der Waals surface area contributed by atoms with Gasteiger partial charge < -0.3 is 20.6 Å². The molecule has 21 heavy (non-hydrogen) atoms. The van der Waals surface area contributed by atoms with Crippen LogP contribution in [0, 0.1) is 0 Å². The molecule has 0 spiro atoms. The van der Waals surface area contributed by atoms with E-state index in [9.17, 15) is 14.4 Å². The van der Waals surface area contributed by atoms with Crippen molar-refractivity contribution in [3.63, 3.8) is 0 Å². The maximum absolute atomic E-state index is 11.9. The number of hydrogen-bond donors (Lipinski definition) is 3. The predicted octanol–water partition coefficient (Wildman–Crippen LogP) is 0.666. The fourth-order valence-corrected chi connectivity index (χ4v) is 2.23. The van der Waals surface area contributed by atoms with Crippen LogP contribution in [0.15, 0.2) is 24.3 Å². The van der Waals surface area contributed by atoms with Gasteiger partial charge in [-0.3, -0.25) is 9.59 Å². The third kappa shape index (κ3) is 3.71. The summed E-state index contributed by atoms with van der Waals surface area (Å²) in [7, 11) is 1.68. The summed E-state index contributed by atoms with van der Waals surface area (Å²) in [6, 6.07) is 5.63. The molecule has 3 amide bonds. The molecule has 1 aromatic rings. The van der Waals surface area contributed by atoms with Gasteiger partial charge in [0.05, 0.1) is 6.42 Å². The fourth-order valence-electron chi connectivity index (χ4n) is 2.23. The van der Waals surface area contributed by atoms with Gasteiger partial charge in [-0.05, 0) is 18.1 Å². The molecule has 0 saturated carbocycles. The SMILES string of the molecule is CN1CCC(NC(=O)Nc2ccccc2CC(=O)O)C1=O. The third-order valence-corrected chi connectivity index (χ3v) is 3.34. The van der Waals surface area contributed by atoms with Crippen molar-refractivity contribution in [3.05, 3.63) is 29.8 Å². The largest absolute Gasteiger partial charge is 0.481 e. The highest BCUT2D eigenvalue weighted by Gasteiger charge is 2.30. The smallest absolute Gasteiger partial charge is 0.319 e. The number of anilines is 1. The van der Waals surface area contributed by atoms with E-state index in [-0.39, 0.29) is 12.3 Å². The molecule has 1 saturated heterocycles. The Hall–Kier alpha value is -2.57. The summed E-state index contributed by atoms with van der Waals surface area (Å²) >= 11 is 0. The lowest BCUT2D eigenvalue weighted by Crippen LogP contribution is -2.42. The van der Waals surface area contributed by atoms with E-state index in [0.717, 1.165) is 0 Å². The number of amides is 3. The number of aliphatic carboxylic acids is 1. The zero-order valence-corrected chi connectivity index (χ0v) is 11.6. The minimum atomic E-state index is -0.975. The van der Waals surface area contributed by atoms with Crippen LogP contribution in [0.5, 0.6) is 0 Å². The lowest BCUT2D eigenvalue weighted by atomic mass is 10.1. The molecular formula is C14H17N3O4. The second kappa shape index (κ2) is 6.25. The fraction of sp³-hybridized carbons (Fsp3) is 0.357. The van der Waals surface area contributed by atoms with Crippen molar-refractivity contribution in [2.45, 2.75) is 18.9 Å². The quantitative estimate of drug-likeness (QED) is 0.759. The summed E-state index contributed by atoms with van der Waals surface area (Å²) in [4.78, 5) is 36.0. The maximum atomic E-state index is 11.9. The van der Waals surface area contributed by atoms with Gasteiger partial charge in [-0.1, -0.05) is 18.2 Å². The van der Waals surface area contributed by atoms with Crippen LogP contribution >= 0.6 is 0 Å². The van der Waals surface area contributed by atoms with Crippen molar-refractivity contribution in [3.8, 4) is 0 Å². The summed E-state index contributed by atoms with van der Waals surface area (Å²) in [5.74, 6) is -1.10. The Balaban J connectivity index is 2.00. The van der Waals surface area contributed by atoms with Crippen molar-refractivity contribution < 1.29 is 19.5 Å². The number of rotatable bonds is 4. The first-order valence-corrected chi connectivity index (χ1v) is 6.59. The van der Waals surface area contributed by atoms with E-state index >= 15 is 0 Å². The van der Waals surface area contributed by atoms with E-state index in [2.05, 4.69) is 10.6 Å². The average molecular weight is 291 g/mol. The number of hydrogen-bond acceptors (Lipinski definition) is 3. The number of carboxylic acid groups (broad SMARTS) is 1. The van der Waals surface area contributed by atoms with Crippen LogP contribution in [0.4, 0.5) is 10.5 Å². The van der Waals surface area contributed by atoms with Crippen LogP contribution in [0.25, 0.3) is 0 Å². The van der Waals surface area contributed by atoms with Crippen LogP contribution in [0.3, 0.4) is 0 Å².